The van der Waals surface area contributed by atoms with Crippen LogP contribution in [0.4, 0.5) is 4.79 Å². The van der Waals surface area contributed by atoms with Gasteiger partial charge in [-0.2, -0.15) is 5.10 Å². The van der Waals surface area contributed by atoms with Gasteiger partial charge < -0.3 is 14.7 Å². The summed E-state index contributed by atoms with van der Waals surface area (Å²) < 4.78 is 7.24. The molecule has 0 bridgehead atoms. The highest BCUT2D eigenvalue weighted by Gasteiger charge is 2.32. The van der Waals surface area contributed by atoms with E-state index < -0.39 is 6.09 Å². The number of benzene rings is 2. The Kier molecular flexibility index (Phi) is 5.81. The number of methoxy groups -OCH3 is 1. The lowest BCUT2D eigenvalue weighted by molar-refractivity contribution is 0.139. The topological polar surface area (TPSA) is 67.6 Å². The predicted octanol–water partition coefficient (Wildman–Crippen LogP) is 4.31. The Bertz CT molecular complexity index is 980. The number of hydrogen-bond donors (Lipinski definition) is 1. The van der Waals surface area contributed by atoms with Gasteiger partial charge >= 0.3 is 6.09 Å². The molecule has 0 aliphatic heterocycles. The van der Waals surface area contributed by atoms with Crippen molar-refractivity contribution in [1.82, 2.24) is 14.7 Å². The van der Waals surface area contributed by atoms with E-state index in [1.54, 1.807) is 12.0 Å². The number of aryl methyl sites for hydroxylation is 1. The fraction of sp³-hybridized carbons (Fsp3) is 0.391. The molecule has 2 aromatic carbocycles. The summed E-state index contributed by atoms with van der Waals surface area (Å²) in [6.45, 7) is 1.88. The first-order chi connectivity index (χ1) is 14.2. The minimum Gasteiger partial charge on any atom is -0.465 e. The first-order valence-electron chi connectivity index (χ1n) is 10.2. The Morgan fingerprint density at radius 3 is 2.69 bits per heavy atom. The molecule has 1 aromatic heterocycles. The second-order valence-corrected chi connectivity index (χ2v) is 7.67. The molecule has 1 aliphatic carbocycles. The van der Waals surface area contributed by atoms with E-state index in [1.807, 2.05) is 28.9 Å². The quantitative estimate of drug-likeness (QED) is 0.550. The summed E-state index contributed by atoms with van der Waals surface area (Å²) in [5, 5.41) is 15.5. The van der Waals surface area contributed by atoms with Crippen molar-refractivity contribution in [2.75, 3.05) is 13.7 Å². The lowest BCUT2D eigenvalue weighted by atomic mass is 10.1. The normalized spacial score (nSPS) is 13.7. The Labute approximate surface area is 170 Å². The number of carbonyl (C=O) groups is 1. The molecule has 1 aliphatic rings. The van der Waals surface area contributed by atoms with E-state index >= 15 is 0 Å². The van der Waals surface area contributed by atoms with Crippen LogP contribution in [-0.4, -0.2) is 45.6 Å². The van der Waals surface area contributed by atoms with Crippen LogP contribution >= 0.6 is 0 Å². The van der Waals surface area contributed by atoms with Crippen LogP contribution in [0.25, 0.3) is 10.9 Å². The van der Waals surface area contributed by atoms with Gasteiger partial charge in [-0.3, -0.25) is 4.68 Å². The van der Waals surface area contributed by atoms with Crippen LogP contribution in [0.1, 0.15) is 36.1 Å². The zero-order valence-electron chi connectivity index (χ0n) is 16.8. The van der Waals surface area contributed by atoms with Crippen LogP contribution in [0.3, 0.4) is 0 Å². The molecule has 1 heterocycles. The molecular formula is C23H27N3O3. The van der Waals surface area contributed by atoms with Crippen LogP contribution in [0.5, 0.6) is 0 Å². The number of hydrogen-bond acceptors (Lipinski definition) is 3. The van der Waals surface area contributed by atoms with Gasteiger partial charge in [-0.05, 0) is 36.5 Å². The number of ether oxygens (including phenoxy) is 1. The van der Waals surface area contributed by atoms with E-state index in [0.29, 0.717) is 13.2 Å². The molecule has 1 fully saturated rings. The summed E-state index contributed by atoms with van der Waals surface area (Å²) in [5.41, 5.74) is 4.34. The van der Waals surface area contributed by atoms with Crippen molar-refractivity contribution in [2.24, 2.45) is 0 Å². The first kappa shape index (κ1) is 19.5. The molecular weight excluding hydrogens is 366 g/mol. The minimum absolute atomic E-state index is 0.170. The molecule has 6 nitrogen and oxygen atoms in total. The Morgan fingerprint density at radius 2 is 2.00 bits per heavy atom. The standard InChI is InChI=1S/C23H27N3O3/c1-29-13-5-12-26-22-15-18(16-25(23(27)28)19-9-10-19)8-11-20(22)21(24-26)14-17-6-3-2-4-7-17/h2-4,6-8,11,15,19H,5,9-10,12-14,16H2,1H3,(H,27,28). The fourth-order valence-corrected chi connectivity index (χ4v) is 3.77. The lowest BCUT2D eigenvalue weighted by Gasteiger charge is -2.18. The third kappa shape index (κ3) is 4.59. The number of nitrogens with zero attached hydrogens (tertiary/aromatic N) is 3. The highest BCUT2D eigenvalue weighted by molar-refractivity contribution is 5.83. The highest BCUT2D eigenvalue weighted by atomic mass is 16.5. The van der Waals surface area contributed by atoms with E-state index in [0.717, 1.165) is 54.4 Å². The molecule has 3 aromatic rings. The maximum Gasteiger partial charge on any atom is 0.407 e. The van der Waals surface area contributed by atoms with Crippen LogP contribution in [0.2, 0.25) is 0 Å². The average Bonchev–Trinajstić information content (AvgIpc) is 3.51. The SMILES string of the molecule is COCCCn1nc(Cc2ccccc2)c2ccc(CN(C(=O)O)C3CC3)cc21. The fourth-order valence-electron chi connectivity index (χ4n) is 3.77. The summed E-state index contributed by atoms with van der Waals surface area (Å²) >= 11 is 0. The summed E-state index contributed by atoms with van der Waals surface area (Å²) in [5.74, 6) is 0. The molecule has 4 rings (SSSR count). The Hall–Kier alpha value is -2.86. The van der Waals surface area contributed by atoms with Gasteiger partial charge in [0.25, 0.3) is 0 Å². The van der Waals surface area contributed by atoms with Crippen LogP contribution in [-0.2, 0) is 24.2 Å². The second-order valence-electron chi connectivity index (χ2n) is 7.67. The summed E-state index contributed by atoms with van der Waals surface area (Å²) in [4.78, 5) is 13.1. The molecule has 29 heavy (non-hydrogen) atoms. The molecule has 1 saturated carbocycles. The van der Waals surface area contributed by atoms with Gasteiger partial charge in [0.1, 0.15) is 0 Å². The third-order valence-corrected chi connectivity index (χ3v) is 5.41. The number of rotatable bonds is 9. The van der Waals surface area contributed by atoms with Gasteiger partial charge in [0, 0.05) is 44.7 Å². The van der Waals surface area contributed by atoms with Gasteiger partial charge in [0.15, 0.2) is 0 Å². The van der Waals surface area contributed by atoms with Crippen molar-refractivity contribution in [3.8, 4) is 0 Å². The smallest absolute Gasteiger partial charge is 0.407 e. The van der Waals surface area contributed by atoms with Gasteiger partial charge in [-0.1, -0.05) is 42.5 Å². The van der Waals surface area contributed by atoms with Gasteiger partial charge in [-0.15, -0.1) is 0 Å². The number of fused-ring (bicyclic) bond motifs is 1. The maximum absolute atomic E-state index is 11.6. The van der Waals surface area contributed by atoms with E-state index in [2.05, 4.69) is 24.3 Å². The largest absolute Gasteiger partial charge is 0.465 e. The molecule has 0 atom stereocenters. The average molecular weight is 393 g/mol. The van der Waals surface area contributed by atoms with E-state index in [9.17, 15) is 9.90 Å². The van der Waals surface area contributed by atoms with Crippen LogP contribution in [0.15, 0.2) is 48.5 Å². The van der Waals surface area contributed by atoms with Crippen molar-refractivity contribution in [1.29, 1.82) is 0 Å². The summed E-state index contributed by atoms with van der Waals surface area (Å²) in [6.07, 6.45) is 2.74. The number of amides is 1. The maximum atomic E-state index is 11.6. The highest BCUT2D eigenvalue weighted by Crippen LogP contribution is 2.29. The molecule has 152 valence electrons. The zero-order chi connectivity index (χ0) is 20.2. The lowest BCUT2D eigenvalue weighted by Crippen LogP contribution is -2.30. The summed E-state index contributed by atoms with van der Waals surface area (Å²) in [7, 11) is 1.71. The van der Waals surface area contributed by atoms with E-state index in [-0.39, 0.29) is 6.04 Å². The van der Waals surface area contributed by atoms with Gasteiger partial charge in [0.05, 0.1) is 11.2 Å². The Morgan fingerprint density at radius 1 is 1.21 bits per heavy atom. The second kappa shape index (κ2) is 8.66. The molecule has 1 amide bonds. The third-order valence-electron chi connectivity index (χ3n) is 5.41. The molecule has 0 radical (unpaired) electrons. The first-order valence-corrected chi connectivity index (χ1v) is 10.2. The van der Waals surface area contributed by atoms with E-state index in [1.165, 1.54) is 5.56 Å². The van der Waals surface area contributed by atoms with Gasteiger partial charge in [0.2, 0.25) is 0 Å². The van der Waals surface area contributed by atoms with Crippen molar-refractivity contribution in [2.45, 2.75) is 44.8 Å². The summed E-state index contributed by atoms with van der Waals surface area (Å²) in [6, 6.07) is 16.7. The predicted molar refractivity (Wildman–Crippen MR) is 112 cm³/mol. The van der Waals surface area contributed by atoms with Crippen molar-refractivity contribution in [3.05, 3.63) is 65.4 Å². The van der Waals surface area contributed by atoms with Crippen molar-refractivity contribution >= 4 is 17.0 Å². The number of aromatic nitrogens is 2. The van der Waals surface area contributed by atoms with Gasteiger partial charge in [-0.25, -0.2) is 4.79 Å². The zero-order valence-corrected chi connectivity index (χ0v) is 16.8. The molecule has 1 N–H and O–H groups in total. The van der Waals surface area contributed by atoms with Crippen molar-refractivity contribution < 1.29 is 14.6 Å². The monoisotopic (exact) mass is 393 g/mol. The van der Waals surface area contributed by atoms with E-state index in [4.69, 9.17) is 9.84 Å². The molecule has 0 spiro atoms. The molecule has 0 unspecified atom stereocenters. The van der Waals surface area contributed by atoms with Crippen molar-refractivity contribution in [3.63, 3.8) is 0 Å². The molecule has 0 saturated heterocycles. The van der Waals surface area contributed by atoms with Crippen LogP contribution < -0.4 is 0 Å². The minimum atomic E-state index is -0.842. The molecule has 6 heteroatoms. The number of carboxylic acid groups (broad SMARTS) is 1. The van der Waals surface area contributed by atoms with Crippen LogP contribution in [0, 0.1) is 0 Å². The Balaban J connectivity index is 1.65.